The van der Waals surface area contributed by atoms with Gasteiger partial charge in [0.15, 0.2) is 6.10 Å². The Bertz CT molecular complexity index is 846. The maximum Gasteiger partial charge on any atom is 0.224 e. The second kappa shape index (κ2) is 4.88. The number of carbonyl (C=O) groups excluding carboxylic acids is 1. The number of benzene rings is 2. The summed E-state index contributed by atoms with van der Waals surface area (Å²) in [6, 6.07) is 19.4. The van der Waals surface area contributed by atoms with Crippen molar-refractivity contribution in [1.82, 2.24) is 4.57 Å². The SMILES string of the molecule is Cc1ccc([C@H]2Oc3ccccc3-n3cccc3C2=O)cc1. The molecule has 0 saturated carbocycles. The molecule has 0 unspecified atom stereocenters. The number of nitrogens with zero attached hydrogens (tertiary/aromatic N) is 1. The van der Waals surface area contributed by atoms with Gasteiger partial charge in [-0.15, -0.1) is 0 Å². The van der Waals surface area contributed by atoms with Crippen LogP contribution in [0.3, 0.4) is 0 Å². The molecule has 0 bridgehead atoms. The van der Waals surface area contributed by atoms with Crippen LogP contribution < -0.4 is 4.74 Å². The van der Waals surface area contributed by atoms with E-state index in [-0.39, 0.29) is 5.78 Å². The van der Waals surface area contributed by atoms with E-state index in [4.69, 9.17) is 4.74 Å². The number of aromatic nitrogens is 1. The Morgan fingerprint density at radius 1 is 0.955 bits per heavy atom. The Morgan fingerprint density at radius 2 is 1.73 bits per heavy atom. The molecular formula is C19H15NO2. The minimum atomic E-state index is -0.613. The second-order valence-corrected chi connectivity index (χ2v) is 5.50. The largest absolute Gasteiger partial charge is 0.475 e. The van der Waals surface area contributed by atoms with E-state index in [0.717, 1.165) is 22.6 Å². The van der Waals surface area contributed by atoms with Crippen molar-refractivity contribution in [3.05, 3.63) is 83.7 Å². The van der Waals surface area contributed by atoms with E-state index in [1.54, 1.807) is 0 Å². The minimum Gasteiger partial charge on any atom is -0.475 e. The number of rotatable bonds is 1. The molecule has 108 valence electrons. The Labute approximate surface area is 128 Å². The van der Waals surface area contributed by atoms with Gasteiger partial charge < -0.3 is 9.30 Å². The molecule has 0 N–H and O–H groups in total. The lowest BCUT2D eigenvalue weighted by Gasteiger charge is -2.16. The fourth-order valence-corrected chi connectivity index (χ4v) is 2.82. The van der Waals surface area contributed by atoms with E-state index in [2.05, 4.69) is 0 Å². The van der Waals surface area contributed by atoms with Crippen LogP contribution >= 0.6 is 0 Å². The van der Waals surface area contributed by atoms with E-state index in [1.807, 2.05) is 78.4 Å². The summed E-state index contributed by atoms with van der Waals surface area (Å²) in [5, 5.41) is 0. The van der Waals surface area contributed by atoms with Gasteiger partial charge in [0.1, 0.15) is 5.75 Å². The van der Waals surface area contributed by atoms with Crippen molar-refractivity contribution < 1.29 is 9.53 Å². The van der Waals surface area contributed by atoms with Crippen LogP contribution in [0.5, 0.6) is 5.75 Å². The van der Waals surface area contributed by atoms with Crippen molar-refractivity contribution in [3.8, 4) is 11.4 Å². The van der Waals surface area contributed by atoms with Crippen molar-refractivity contribution in [1.29, 1.82) is 0 Å². The standard InChI is InChI=1S/C19H15NO2/c1-13-8-10-14(11-9-13)19-18(21)16-6-4-12-20(16)15-5-2-3-7-17(15)22-19/h2-12,19H,1H3/t19-/m1/s1. The van der Waals surface area contributed by atoms with Gasteiger partial charge in [-0.1, -0.05) is 42.0 Å². The first kappa shape index (κ1) is 12.9. The normalized spacial score (nSPS) is 16.4. The smallest absolute Gasteiger partial charge is 0.224 e. The van der Waals surface area contributed by atoms with Gasteiger partial charge in [0.05, 0.1) is 11.4 Å². The molecule has 0 amide bonds. The third-order valence-electron chi connectivity index (χ3n) is 3.99. The van der Waals surface area contributed by atoms with Gasteiger partial charge in [-0.25, -0.2) is 0 Å². The topological polar surface area (TPSA) is 31.2 Å². The van der Waals surface area contributed by atoms with E-state index in [0.29, 0.717) is 5.69 Å². The number of aryl methyl sites for hydroxylation is 1. The minimum absolute atomic E-state index is 0.0231. The molecular weight excluding hydrogens is 274 g/mol. The lowest BCUT2D eigenvalue weighted by molar-refractivity contribution is 0.0796. The molecule has 1 aromatic heterocycles. The average Bonchev–Trinajstić information content (AvgIpc) is 2.99. The van der Waals surface area contributed by atoms with Crippen molar-refractivity contribution >= 4 is 5.78 Å². The van der Waals surface area contributed by atoms with Crippen LogP contribution in [-0.4, -0.2) is 10.4 Å². The third kappa shape index (κ3) is 1.94. The Kier molecular flexibility index (Phi) is 2.86. The summed E-state index contributed by atoms with van der Waals surface area (Å²) in [6.45, 7) is 2.03. The predicted molar refractivity (Wildman–Crippen MR) is 84.6 cm³/mol. The lowest BCUT2D eigenvalue weighted by Crippen LogP contribution is -2.18. The number of fused-ring (bicyclic) bond motifs is 3. The van der Waals surface area contributed by atoms with Crippen LogP contribution in [-0.2, 0) is 0 Å². The molecule has 2 heterocycles. The zero-order valence-corrected chi connectivity index (χ0v) is 12.2. The van der Waals surface area contributed by atoms with E-state index in [1.165, 1.54) is 0 Å². The summed E-state index contributed by atoms with van der Waals surface area (Å²) < 4.78 is 7.96. The number of carbonyl (C=O) groups is 1. The van der Waals surface area contributed by atoms with Crippen molar-refractivity contribution in [2.24, 2.45) is 0 Å². The summed E-state index contributed by atoms with van der Waals surface area (Å²) in [6.07, 6.45) is 1.28. The maximum absolute atomic E-state index is 12.9. The zero-order valence-electron chi connectivity index (χ0n) is 12.2. The second-order valence-electron chi connectivity index (χ2n) is 5.50. The Hall–Kier alpha value is -2.81. The lowest BCUT2D eigenvalue weighted by atomic mass is 10.0. The summed E-state index contributed by atoms with van der Waals surface area (Å²) in [5.74, 6) is 0.696. The first-order valence-corrected chi connectivity index (χ1v) is 7.28. The van der Waals surface area contributed by atoms with Gasteiger partial charge in [0.2, 0.25) is 5.78 Å². The molecule has 3 aromatic rings. The predicted octanol–water partition coefficient (Wildman–Crippen LogP) is 4.10. The summed E-state index contributed by atoms with van der Waals surface area (Å²) in [5.41, 5.74) is 3.58. The molecule has 0 aliphatic carbocycles. The Morgan fingerprint density at radius 3 is 2.55 bits per heavy atom. The van der Waals surface area contributed by atoms with Crippen LogP contribution in [0.15, 0.2) is 66.9 Å². The molecule has 3 nitrogen and oxygen atoms in total. The Balaban J connectivity index is 1.90. The number of para-hydroxylation sites is 2. The van der Waals surface area contributed by atoms with E-state index < -0.39 is 6.10 Å². The first-order chi connectivity index (χ1) is 10.7. The van der Waals surface area contributed by atoms with Gasteiger partial charge in [0, 0.05) is 11.8 Å². The fourth-order valence-electron chi connectivity index (χ4n) is 2.82. The molecule has 0 spiro atoms. The molecule has 0 fully saturated rings. The zero-order chi connectivity index (χ0) is 15.1. The van der Waals surface area contributed by atoms with Crippen LogP contribution in [0, 0.1) is 6.92 Å². The number of Topliss-reactive ketones (excluding diaryl/α,β-unsaturated/α-hetero) is 1. The highest BCUT2D eigenvalue weighted by atomic mass is 16.5. The number of hydrogen-bond donors (Lipinski definition) is 0. The molecule has 1 aliphatic rings. The van der Waals surface area contributed by atoms with Crippen molar-refractivity contribution in [2.75, 3.05) is 0 Å². The molecule has 0 radical (unpaired) electrons. The summed E-state index contributed by atoms with van der Waals surface area (Å²) >= 11 is 0. The number of ether oxygens (including phenoxy) is 1. The molecule has 22 heavy (non-hydrogen) atoms. The fraction of sp³-hybridized carbons (Fsp3) is 0.105. The van der Waals surface area contributed by atoms with Crippen LogP contribution in [0.4, 0.5) is 0 Å². The molecule has 3 heteroatoms. The highest BCUT2D eigenvalue weighted by molar-refractivity contribution is 6.00. The summed E-state index contributed by atoms with van der Waals surface area (Å²) in [7, 11) is 0. The quantitative estimate of drug-likeness (QED) is 0.675. The highest BCUT2D eigenvalue weighted by Gasteiger charge is 2.30. The first-order valence-electron chi connectivity index (χ1n) is 7.28. The number of ketones is 1. The van der Waals surface area contributed by atoms with Crippen LogP contribution in [0.25, 0.3) is 5.69 Å². The number of hydrogen-bond acceptors (Lipinski definition) is 2. The van der Waals surface area contributed by atoms with Crippen LogP contribution in [0.1, 0.15) is 27.7 Å². The van der Waals surface area contributed by atoms with E-state index in [9.17, 15) is 4.79 Å². The monoisotopic (exact) mass is 289 g/mol. The molecule has 2 aromatic carbocycles. The summed E-state index contributed by atoms with van der Waals surface area (Å²) in [4.78, 5) is 12.9. The van der Waals surface area contributed by atoms with Crippen molar-refractivity contribution in [3.63, 3.8) is 0 Å². The van der Waals surface area contributed by atoms with Gasteiger partial charge in [-0.3, -0.25) is 4.79 Å². The molecule has 1 aliphatic heterocycles. The van der Waals surface area contributed by atoms with Crippen LogP contribution in [0.2, 0.25) is 0 Å². The van der Waals surface area contributed by atoms with Gasteiger partial charge in [0.25, 0.3) is 0 Å². The van der Waals surface area contributed by atoms with Gasteiger partial charge in [-0.2, -0.15) is 0 Å². The highest BCUT2D eigenvalue weighted by Crippen LogP contribution is 2.35. The van der Waals surface area contributed by atoms with Crippen molar-refractivity contribution in [2.45, 2.75) is 13.0 Å². The molecule has 0 saturated heterocycles. The maximum atomic E-state index is 12.9. The molecule has 1 atom stereocenters. The van der Waals surface area contributed by atoms with Gasteiger partial charge >= 0.3 is 0 Å². The van der Waals surface area contributed by atoms with E-state index >= 15 is 0 Å². The van der Waals surface area contributed by atoms with Gasteiger partial charge in [-0.05, 0) is 31.2 Å². The molecule has 4 rings (SSSR count). The average molecular weight is 289 g/mol. The third-order valence-corrected chi connectivity index (χ3v) is 3.99.